The summed E-state index contributed by atoms with van der Waals surface area (Å²) >= 11 is 0. The number of ketones is 2. The molecular weight excluding hydrogens is 363 g/mol. The Morgan fingerprint density at radius 1 is 1.04 bits per heavy atom. The molecule has 0 bridgehead atoms. The maximum absolute atomic E-state index is 13.4. The highest BCUT2D eigenvalue weighted by Crippen LogP contribution is 2.43. The lowest BCUT2D eigenvalue weighted by Crippen LogP contribution is -2.31. The van der Waals surface area contributed by atoms with Gasteiger partial charge in [0.15, 0.2) is 11.5 Å². The van der Waals surface area contributed by atoms with Crippen LogP contribution < -0.4 is 0 Å². The predicted molar refractivity (Wildman–Crippen MR) is 97.1 cm³/mol. The minimum atomic E-state index is -0.895. The standard InChI is InChI=1S/C22H15FO5/c1-2-27-22(26)16-11-28-21-18(17(16)12-7-9-13(23)10-8-12)19(24)14-5-3-4-6-15(14)20(21)25/h3-11,17H,2H2,1H3. The Balaban J connectivity index is 1.90. The average molecular weight is 378 g/mol. The Labute approximate surface area is 160 Å². The molecule has 2 aromatic rings. The number of carbonyl (C=O) groups excluding carboxylic acids is 3. The third-order valence-corrected chi connectivity index (χ3v) is 4.73. The van der Waals surface area contributed by atoms with Gasteiger partial charge in [-0.05, 0) is 24.6 Å². The van der Waals surface area contributed by atoms with E-state index in [2.05, 4.69) is 0 Å². The van der Waals surface area contributed by atoms with Gasteiger partial charge in [-0.15, -0.1) is 0 Å². The number of rotatable bonds is 3. The van der Waals surface area contributed by atoms with Gasteiger partial charge in [-0.1, -0.05) is 36.4 Å². The summed E-state index contributed by atoms with van der Waals surface area (Å²) in [6.45, 7) is 1.79. The predicted octanol–water partition coefficient (Wildman–Crippen LogP) is 3.72. The highest BCUT2D eigenvalue weighted by molar-refractivity contribution is 6.27. The summed E-state index contributed by atoms with van der Waals surface area (Å²) in [6, 6.07) is 11.9. The Kier molecular flexibility index (Phi) is 4.39. The maximum Gasteiger partial charge on any atom is 0.338 e. The summed E-state index contributed by atoms with van der Waals surface area (Å²) in [5, 5.41) is 0. The van der Waals surface area contributed by atoms with Crippen molar-refractivity contribution in [3.63, 3.8) is 0 Å². The number of esters is 1. The molecule has 1 aliphatic heterocycles. The van der Waals surface area contributed by atoms with Gasteiger partial charge in [-0.3, -0.25) is 9.59 Å². The smallest absolute Gasteiger partial charge is 0.338 e. The van der Waals surface area contributed by atoms with Crippen LogP contribution in [0, 0.1) is 5.82 Å². The minimum absolute atomic E-state index is 0.0564. The third kappa shape index (κ3) is 2.74. The van der Waals surface area contributed by atoms with Crippen molar-refractivity contribution in [3.8, 4) is 0 Å². The van der Waals surface area contributed by atoms with Crippen LogP contribution in [0.15, 0.2) is 71.7 Å². The number of Topliss-reactive ketones (excluding diaryl/α,β-unsaturated/α-hetero) is 2. The van der Waals surface area contributed by atoms with Crippen molar-refractivity contribution in [2.24, 2.45) is 0 Å². The number of ether oxygens (including phenoxy) is 2. The quantitative estimate of drug-likeness (QED) is 0.762. The lowest BCUT2D eigenvalue weighted by atomic mass is 9.75. The molecule has 0 aromatic heterocycles. The molecule has 0 amide bonds. The molecule has 0 saturated carbocycles. The van der Waals surface area contributed by atoms with Crippen LogP contribution in [0.4, 0.5) is 4.39 Å². The van der Waals surface area contributed by atoms with Gasteiger partial charge in [0, 0.05) is 11.1 Å². The van der Waals surface area contributed by atoms with Crippen LogP contribution >= 0.6 is 0 Å². The molecule has 0 N–H and O–H groups in total. The van der Waals surface area contributed by atoms with E-state index in [1.165, 1.54) is 24.3 Å². The largest absolute Gasteiger partial charge is 0.463 e. The van der Waals surface area contributed by atoms with E-state index < -0.39 is 29.3 Å². The van der Waals surface area contributed by atoms with Crippen molar-refractivity contribution in [1.82, 2.24) is 0 Å². The molecule has 1 unspecified atom stereocenters. The van der Waals surface area contributed by atoms with Crippen LogP contribution in [0.1, 0.15) is 39.1 Å². The molecule has 2 aromatic carbocycles. The van der Waals surface area contributed by atoms with Gasteiger partial charge in [0.05, 0.1) is 23.7 Å². The summed E-state index contributed by atoms with van der Waals surface area (Å²) in [7, 11) is 0. The zero-order chi connectivity index (χ0) is 19.8. The summed E-state index contributed by atoms with van der Waals surface area (Å²) in [4.78, 5) is 38.6. The summed E-state index contributed by atoms with van der Waals surface area (Å²) in [5.74, 6) is -2.98. The zero-order valence-corrected chi connectivity index (χ0v) is 14.9. The highest BCUT2D eigenvalue weighted by Gasteiger charge is 2.43. The molecular formula is C22H15FO5. The first-order chi connectivity index (χ1) is 13.5. The molecule has 6 heteroatoms. The summed E-state index contributed by atoms with van der Waals surface area (Å²) in [6.07, 6.45) is 1.14. The Hall–Kier alpha value is -3.54. The van der Waals surface area contributed by atoms with E-state index in [9.17, 15) is 18.8 Å². The van der Waals surface area contributed by atoms with Crippen molar-refractivity contribution in [2.45, 2.75) is 12.8 Å². The van der Waals surface area contributed by atoms with E-state index in [0.29, 0.717) is 5.56 Å². The zero-order valence-electron chi connectivity index (χ0n) is 14.9. The van der Waals surface area contributed by atoms with E-state index in [0.717, 1.165) is 6.26 Å². The van der Waals surface area contributed by atoms with Gasteiger partial charge in [0.2, 0.25) is 5.78 Å². The van der Waals surface area contributed by atoms with Crippen molar-refractivity contribution < 1.29 is 28.2 Å². The lowest BCUT2D eigenvalue weighted by Gasteiger charge is -2.30. The summed E-state index contributed by atoms with van der Waals surface area (Å²) in [5.41, 5.74) is 1.11. The molecule has 0 saturated heterocycles. The van der Waals surface area contributed by atoms with Crippen molar-refractivity contribution in [2.75, 3.05) is 6.61 Å². The van der Waals surface area contributed by atoms with Gasteiger partial charge in [-0.2, -0.15) is 0 Å². The minimum Gasteiger partial charge on any atom is -0.463 e. The Morgan fingerprint density at radius 3 is 2.32 bits per heavy atom. The summed E-state index contributed by atoms with van der Waals surface area (Å²) < 4.78 is 24.0. The van der Waals surface area contributed by atoms with Gasteiger partial charge in [-0.25, -0.2) is 9.18 Å². The van der Waals surface area contributed by atoms with Crippen LogP contribution in [0.2, 0.25) is 0 Å². The first kappa shape index (κ1) is 17.9. The molecule has 140 valence electrons. The molecule has 4 rings (SSSR count). The van der Waals surface area contributed by atoms with Crippen molar-refractivity contribution >= 4 is 17.5 Å². The van der Waals surface area contributed by atoms with E-state index in [1.54, 1.807) is 31.2 Å². The molecule has 0 spiro atoms. The first-order valence-electron chi connectivity index (χ1n) is 8.74. The molecule has 2 aliphatic rings. The number of carbonyl (C=O) groups is 3. The monoisotopic (exact) mass is 378 g/mol. The van der Waals surface area contributed by atoms with Crippen molar-refractivity contribution in [1.29, 1.82) is 0 Å². The number of halogens is 1. The normalized spacial score (nSPS) is 18.1. The Bertz CT molecular complexity index is 1060. The second-order valence-electron chi connectivity index (χ2n) is 6.34. The molecule has 1 heterocycles. The van der Waals surface area contributed by atoms with Crippen LogP contribution in [0.3, 0.4) is 0 Å². The van der Waals surface area contributed by atoms with Crippen LogP contribution in [-0.2, 0) is 14.3 Å². The SMILES string of the molecule is CCOC(=O)C1=COC2=C(C(=O)c3ccccc3C2=O)C1c1ccc(F)cc1. The molecule has 28 heavy (non-hydrogen) atoms. The lowest BCUT2D eigenvalue weighted by molar-refractivity contribution is -0.139. The molecule has 0 fully saturated rings. The number of allylic oxidation sites excluding steroid dienone is 2. The molecule has 1 atom stereocenters. The average Bonchev–Trinajstić information content (AvgIpc) is 2.72. The fourth-order valence-electron chi connectivity index (χ4n) is 3.48. The van der Waals surface area contributed by atoms with E-state index in [1.807, 2.05) is 0 Å². The number of fused-ring (bicyclic) bond motifs is 1. The molecule has 1 aliphatic carbocycles. The fourth-order valence-corrected chi connectivity index (χ4v) is 3.48. The number of hydrogen-bond acceptors (Lipinski definition) is 5. The molecule has 5 nitrogen and oxygen atoms in total. The van der Waals surface area contributed by atoms with E-state index in [4.69, 9.17) is 9.47 Å². The van der Waals surface area contributed by atoms with Gasteiger partial charge in [0.1, 0.15) is 12.1 Å². The second kappa shape index (κ2) is 6.88. The van der Waals surface area contributed by atoms with E-state index >= 15 is 0 Å². The fraction of sp³-hybridized carbons (Fsp3) is 0.136. The number of hydrogen-bond donors (Lipinski definition) is 0. The third-order valence-electron chi connectivity index (χ3n) is 4.73. The van der Waals surface area contributed by atoms with Gasteiger partial charge in [0.25, 0.3) is 0 Å². The maximum atomic E-state index is 13.4. The molecule has 0 radical (unpaired) electrons. The van der Waals surface area contributed by atoms with Crippen LogP contribution in [-0.4, -0.2) is 24.1 Å². The topological polar surface area (TPSA) is 69.7 Å². The van der Waals surface area contributed by atoms with Crippen LogP contribution in [0.5, 0.6) is 0 Å². The Morgan fingerprint density at radius 2 is 1.68 bits per heavy atom. The second-order valence-corrected chi connectivity index (χ2v) is 6.34. The van der Waals surface area contributed by atoms with Crippen molar-refractivity contribution in [3.05, 3.63) is 94.2 Å². The van der Waals surface area contributed by atoms with E-state index in [-0.39, 0.29) is 34.6 Å². The number of benzene rings is 2. The van der Waals surface area contributed by atoms with Gasteiger partial charge < -0.3 is 9.47 Å². The van der Waals surface area contributed by atoms with Gasteiger partial charge >= 0.3 is 5.97 Å². The highest BCUT2D eigenvalue weighted by atomic mass is 19.1. The first-order valence-corrected chi connectivity index (χ1v) is 8.74. The van der Waals surface area contributed by atoms with Crippen LogP contribution in [0.25, 0.3) is 0 Å².